The molecule has 1 amide bonds. The van der Waals surface area contributed by atoms with Crippen molar-refractivity contribution in [2.45, 2.75) is 12.5 Å². The SMILES string of the molecule is CN(C(=O)CC1CNCCN1C)c1cc(Br)cs1. The molecule has 1 aromatic rings. The topological polar surface area (TPSA) is 35.6 Å². The number of carbonyl (C=O) groups excluding carboxylic acids is 1. The molecule has 0 radical (unpaired) electrons. The number of hydrogen-bond donors (Lipinski definition) is 1. The van der Waals surface area contributed by atoms with Gasteiger partial charge in [0.1, 0.15) is 0 Å². The van der Waals surface area contributed by atoms with Gasteiger partial charge in [0.25, 0.3) is 0 Å². The fraction of sp³-hybridized carbons (Fsp3) is 0.583. The number of carbonyl (C=O) groups is 1. The normalized spacial score (nSPS) is 20.9. The van der Waals surface area contributed by atoms with Gasteiger partial charge in [-0.25, -0.2) is 0 Å². The van der Waals surface area contributed by atoms with E-state index in [-0.39, 0.29) is 5.91 Å². The molecule has 100 valence electrons. The van der Waals surface area contributed by atoms with Crippen molar-refractivity contribution in [1.29, 1.82) is 0 Å². The Balaban J connectivity index is 1.94. The molecule has 2 heterocycles. The molecule has 18 heavy (non-hydrogen) atoms. The van der Waals surface area contributed by atoms with E-state index in [4.69, 9.17) is 0 Å². The standard InChI is InChI=1S/C12H18BrN3OS/c1-15-4-3-14-7-10(15)6-11(17)16(2)12-5-9(13)8-18-12/h5,8,10,14H,3-4,6-7H2,1-2H3. The highest BCUT2D eigenvalue weighted by Gasteiger charge is 2.23. The van der Waals surface area contributed by atoms with Gasteiger partial charge in [0, 0.05) is 49.0 Å². The first-order valence-corrected chi connectivity index (χ1v) is 7.66. The molecule has 1 fully saturated rings. The molecule has 4 nitrogen and oxygen atoms in total. The van der Waals surface area contributed by atoms with Gasteiger partial charge in [-0.2, -0.15) is 0 Å². The van der Waals surface area contributed by atoms with Crippen molar-refractivity contribution in [1.82, 2.24) is 10.2 Å². The summed E-state index contributed by atoms with van der Waals surface area (Å²) in [5.74, 6) is 0.171. The maximum Gasteiger partial charge on any atom is 0.228 e. The van der Waals surface area contributed by atoms with Crippen LogP contribution in [0.4, 0.5) is 5.00 Å². The second kappa shape index (κ2) is 6.14. The first-order valence-electron chi connectivity index (χ1n) is 5.99. The summed E-state index contributed by atoms with van der Waals surface area (Å²) in [5.41, 5.74) is 0. The lowest BCUT2D eigenvalue weighted by Gasteiger charge is -2.33. The van der Waals surface area contributed by atoms with E-state index >= 15 is 0 Å². The van der Waals surface area contributed by atoms with Crippen LogP contribution in [0.3, 0.4) is 0 Å². The van der Waals surface area contributed by atoms with Crippen LogP contribution < -0.4 is 10.2 Å². The minimum absolute atomic E-state index is 0.171. The van der Waals surface area contributed by atoms with Crippen molar-refractivity contribution in [3.8, 4) is 0 Å². The first kappa shape index (κ1) is 14.0. The predicted octanol–water partition coefficient (Wildman–Crippen LogP) is 1.77. The Bertz CT molecular complexity index is 423. The van der Waals surface area contributed by atoms with Crippen LogP contribution in [0.25, 0.3) is 0 Å². The Kier molecular flexibility index (Phi) is 4.77. The van der Waals surface area contributed by atoms with Crippen molar-refractivity contribution in [3.63, 3.8) is 0 Å². The highest BCUT2D eigenvalue weighted by atomic mass is 79.9. The number of hydrogen-bond acceptors (Lipinski definition) is 4. The maximum absolute atomic E-state index is 12.2. The quantitative estimate of drug-likeness (QED) is 0.916. The third-order valence-electron chi connectivity index (χ3n) is 3.31. The molecule has 0 spiro atoms. The number of amides is 1. The molecule has 6 heteroatoms. The number of nitrogens with zero attached hydrogens (tertiary/aromatic N) is 2. The minimum Gasteiger partial charge on any atom is -0.314 e. The number of likely N-dealkylation sites (N-methyl/N-ethyl adjacent to an activating group) is 1. The summed E-state index contributed by atoms with van der Waals surface area (Å²) >= 11 is 4.99. The van der Waals surface area contributed by atoms with Crippen LogP contribution in [0.2, 0.25) is 0 Å². The summed E-state index contributed by atoms with van der Waals surface area (Å²) in [6.07, 6.45) is 0.565. The van der Waals surface area contributed by atoms with Gasteiger partial charge in [-0.3, -0.25) is 4.79 Å². The summed E-state index contributed by atoms with van der Waals surface area (Å²) < 4.78 is 1.03. The summed E-state index contributed by atoms with van der Waals surface area (Å²) in [7, 11) is 3.93. The number of nitrogens with one attached hydrogen (secondary N) is 1. The van der Waals surface area contributed by atoms with E-state index < -0.39 is 0 Å². The van der Waals surface area contributed by atoms with E-state index in [0.717, 1.165) is 29.1 Å². The average molecular weight is 332 g/mol. The van der Waals surface area contributed by atoms with Gasteiger partial charge in [0.15, 0.2) is 0 Å². The Hall–Kier alpha value is -0.430. The third-order valence-corrected chi connectivity index (χ3v) is 5.08. The smallest absolute Gasteiger partial charge is 0.228 e. The van der Waals surface area contributed by atoms with E-state index in [2.05, 4.69) is 33.2 Å². The molecule has 1 aliphatic heterocycles. The van der Waals surface area contributed by atoms with Gasteiger partial charge in [-0.15, -0.1) is 11.3 Å². The van der Waals surface area contributed by atoms with Crippen LogP contribution in [0.5, 0.6) is 0 Å². The molecule has 1 N–H and O–H groups in total. The molecule has 1 saturated heterocycles. The number of anilines is 1. The zero-order valence-electron chi connectivity index (χ0n) is 10.6. The Morgan fingerprint density at radius 1 is 1.72 bits per heavy atom. The first-order chi connectivity index (χ1) is 8.58. The Labute approximate surface area is 120 Å². The number of halogens is 1. The van der Waals surface area contributed by atoms with Gasteiger partial charge in [0.2, 0.25) is 5.91 Å². The van der Waals surface area contributed by atoms with E-state index in [1.54, 1.807) is 16.2 Å². The molecule has 0 aromatic carbocycles. The summed E-state index contributed by atoms with van der Waals surface area (Å²) in [4.78, 5) is 16.2. The molecular formula is C12H18BrN3OS. The molecule has 2 rings (SSSR count). The fourth-order valence-corrected chi connectivity index (χ4v) is 3.44. The molecule has 0 aliphatic carbocycles. The monoisotopic (exact) mass is 331 g/mol. The summed E-state index contributed by atoms with van der Waals surface area (Å²) in [6, 6.07) is 2.28. The minimum atomic E-state index is 0.171. The highest BCUT2D eigenvalue weighted by molar-refractivity contribution is 9.10. The number of thiophene rings is 1. The van der Waals surface area contributed by atoms with Gasteiger partial charge in [-0.05, 0) is 29.0 Å². The molecule has 1 unspecified atom stereocenters. The number of rotatable bonds is 3. The molecule has 0 bridgehead atoms. The van der Waals surface area contributed by atoms with Crippen molar-refractivity contribution in [2.75, 3.05) is 38.6 Å². The van der Waals surface area contributed by atoms with Crippen LogP contribution in [0, 0.1) is 0 Å². The van der Waals surface area contributed by atoms with E-state index in [0.29, 0.717) is 12.5 Å². The largest absolute Gasteiger partial charge is 0.314 e. The summed E-state index contributed by atoms with van der Waals surface area (Å²) in [5, 5.41) is 6.31. The predicted molar refractivity (Wildman–Crippen MR) is 79.3 cm³/mol. The lowest BCUT2D eigenvalue weighted by atomic mass is 10.1. The van der Waals surface area contributed by atoms with Crippen LogP contribution in [-0.4, -0.2) is 50.6 Å². The molecular weight excluding hydrogens is 314 g/mol. The average Bonchev–Trinajstić information content (AvgIpc) is 2.78. The fourth-order valence-electron chi connectivity index (χ4n) is 2.03. The zero-order valence-corrected chi connectivity index (χ0v) is 13.1. The van der Waals surface area contributed by atoms with Gasteiger partial charge in [-0.1, -0.05) is 0 Å². The lowest BCUT2D eigenvalue weighted by Crippen LogP contribution is -2.51. The van der Waals surface area contributed by atoms with Crippen LogP contribution in [-0.2, 0) is 4.79 Å². The van der Waals surface area contributed by atoms with Crippen molar-refractivity contribution in [2.24, 2.45) is 0 Å². The van der Waals surface area contributed by atoms with Crippen molar-refractivity contribution >= 4 is 38.2 Å². The van der Waals surface area contributed by atoms with E-state index in [1.165, 1.54) is 0 Å². The Morgan fingerprint density at radius 2 is 2.50 bits per heavy atom. The third kappa shape index (κ3) is 3.32. The van der Waals surface area contributed by atoms with Crippen LogP contribution >= 0.6 is 27.3 Å². The van der Waals surface area contributed by atoms with Crippen molar-refractivity contribution in [3.05, 3.63) is 15.9 Å². The van der Waals surface area contributed by atoms with Crippen LogP contribution in [0.1, 0.15) is 6.42 Å². The van der Waals surface area contributed by atoms with Gasteiger partial charge >= 0.3 is 0 Å². The summed E-state index contributed by atoms with van der Waals surface area (Å²) in [6.45, 7) is 2.91. The molecule has 1 aliphatic rings. The molecule has 0 saturated carbocycles. The maximum atomic E-state index is 12.2. The van der Waals surface area contributed by atoms with Gasteiger partial charge < -0.3 is 15.1 Å². The Morgan fingerprint density at radius 3 is 3.11 bits per heavy atom. The van der Waals surface area contributed by atoms with Crippen LogP contribution in [0.15, 0.2) is 15.9 Å². The second-order valence-corrected chi connectivity index (χ2v) is 6.40. The zero-order chi connectivity index (χ0) is 13.1. The van der Waals surface area contributed by atoms with E-state index in [1.807, 2.05) is 18.5 Å². The molecule has 1 aromatic heterocycles. The highest BCUT2D eigenvalue weighted by Crippen LogP contribution is 2.28. The molecule has 1 atom stereocenters. The van der Waals surface area contributed by atoms with E-state index in [9.17, 15) is 4.79 Å². The second-order valence-electron chi connectivity index (χ2n) is 4.60. The van der Waals surface area contributed by atoms with Crippen molar-refractivity contribution < 1.29 is 4.79 Å². The lowest BCUT2D eigenvalue weighted by molar-refractivity contribution is -0.119. The number of piperazine rings is 1. The van der Waals surface area contributed by atoms with Gasteiger partial charge in [0.05, 0.1) is 5.00 Å².